The first-order valence-electron chi connectivity index (χ1n) is 17.4. The third-order valence-electron chi connectivity index (χ3n) is 10.5. The van der Waals surface area contributed by atoms with Crippen molar-refractivity contribution >= 4 is 75.1 Å². The predicted octanol–water partition coefficient (Wildman–Crippen LogP) is 13.6. The zero-order valence-corrected chi connectivity index (χ0v) is 28.4. The Bertz CT molecular complexity index is 3140. The van der Waals surface area contributed by atoms with Gasteiger partial charge in [-0.05, 0) is 89.0 Å². The van der Waals surface area contributed by atoms with Gasteiger partial charge < -0.3 is 9.13 Å². The van der Waals surface area contributed by atoms with Gasteiger partial charge in [-0.3, -0.25) is 0 Å². The first-order valence-corrected chi connectivity index (χ1v) is 18.3. The number of hydrogen-bond donors (Lipinski definition) is 0. The fourth-order valence-electron chi connectivity index (χ4n) is 8.34. The zero-order chi connectivity index (χ0) is 33.5. The summed E-state index contributed by atoms with van der Waals surface area (Å²) in [4.78, 5) is 0. The highest BCUT2D eigenvalue weighted by molar-refractivity contribution is 7.25. The molecule has 3 heterocycles. The van der Waals surface area contributed by atoms with Crippen molar-refractivity contribution in [3.05, 3.63) is 182 Å². The summed E-state index contributed by atoms with van der Waals surface area (Å²) in [5.41, 5.74) is 12.1. The number of thiophene rings is 1. The number of benzene rings is 8. The molecule has 238 valence electrons. The molecule has 8 aromatic carbocycles. The number of fused-ring (bicyclic) bond motifs is 9. The summed E-state index contributed by atoms with van der Waals surface area (Å²) in [5.74, 6) is 0. The number of para-hydroxylation sites is 3. The molecule has 0 aliphatic rings. The average molecular weight is 667 g/mol. The number of nitrogens with zero attached hydrogens (tertiary/aromatic N) is 2. The van der Waals surface area contributed by atoms with Crippen LogP contribution in [0, 0.1) is 0 Å². The number of aromatic nitrogens is 2. The summed E-state index contributed by atoms with van der Waals surface area (Å²) in [5, 5.41) is 7.68. The van der Waals surface area contributed by atoms with Crippen molar-refractivity contribution in [2.75, 3.05) is 0 Å². The van der Waals surface area contributed by atoms with Gasteiger partial charge in [0.2, 0.25) is 0 Å². The van der Waals surface area contributed by atoms with Crippen molar-refractivity contribution in [1.82, 2.24) is 9.13 Å². The molecule has 0 unspecified atom stereocenters. The van der Waals surface area contributed by atoms with Crippen LogP contribution >= 0.6 is 11.3 Å². The smallest absolute Gasteiger partial charge is 0.0547 e. The summed E-state index contributed by atoms with van der Waals surface area (Å²) in [7, 11) is 0. The molecule has 0 saturated carbocycles. The monoisotopic (exact) mass is 666 g/mol. The predicted molar refractivity (Wildman–Crippen MR) is 219 cm³/mol. The Labute approximate surface area is 298 Å². The molecule has 11 rings (SSSR count). The number of hydrogen-bond acceptors (Lipinski definition) is 1. The van der Waals surface area contributed by atoms with Gasteiger partial charge in [0.25, 0.3) is 0 Å². The van der Waals surface area contributed by atoms with E-state index in [0.717, 1.165) is 0 Å². The highest BCUT2D eigenvalue weighted by Gasteiger charge is 2.19. The van der Waals surface area contributed by atoms with Crippen molar-refractivity contribution in [2.24, 2.45) is 0 Å². The molecular weight excluding hydrogens is 637 g/mol. The van der Waals surface area contributed by atoms with Gasteiger partial charge in [-0.1, -0.05) is 115 Å². The molecule has 0 radical (unpaired) electrons. The van der Waals surface area contributed by atoms with Gasteiger partial charge in [0, 0.05) is 53.1 Å². The van der Waals surface area contributed by atoms with E-state index in [1.54, 1.807) is 0 Å². The van der Waals surface area contributed by atoms with E-state index in [1.165, 1.54) is 97.4 Å². The Hall–Kier alpha value is -6.42. The quantitative estimate of drug-likeness (QED) is 0.177. The molecule has 0 fully saturated rings. The van der Waals surface area contributed by atoms with Crippen LogP contribution in [0.4, 0.5) is 0 Å². The lowest BCUT2D eigenvalue weighted by Gasteiger charge is -2.13. The topological polar surface area (TPSA) is 9.86 Å². The molecule has 3 aromatic heterocycles. The Morgan fingerprint density at radius 3 is 1.78 bits per heavy atom. The van der Waals surface area contributed by atoms with E-state index in [2.05, 4.69) is 191 Å². The zero-order valence-electron chi connectivity index (χ0n) is 27.6. The molecule has 51 heavy (non-hydrogen) atoms. The SMILES string of the molecule is c1ccc(-n2c3ccccc3c3c(-c4ccccc4-c4ccc5c(c4)c4ccccc4n5-c4ccc5sc6ccccc6c5c4)cccc32)cc1. The average Bonchev–Trinajstić information content (AvgIpc) is 3.85. The molecule has 0 aliphatic heterocycles. The number of rotatable bonds is 4. The van der Waals surface area contributed by atoms with Crippen LogP contribution in [0.15, 0.2) is 182 Å². The molecule has 3 heteroatoms. The molecule has 11 aromatic rings. The fourth-order valence-corrected chi connectivity index (χ4v) is 9.43. The highest BCUT2D eigenvalue weighted by Crippen LogP contribution is 2.43. The summed E-state index contributed by atoms with van der Waals surface area (Å²) in [6.45, 7) is 0. The van der Waals surface area contributed by atoms with Gasteiger partial charge in [-0.2, -0.15) is 0 Å². The molecule has 0 N–H and O–H groups in total. The molecule has 0 spiro atoms. The summed E-state index contributed by atoms with van der Waals surface area (Å²) in [6.07, 6.45) is 0. The first kappa shape index (κ1) is 28.4. The standard InChI is InChI=1S/C48H30N2S/c1-2-13-32(14-3-1)49-43-22-10-7-19-39(43)48-38(20-12-23-45(48)49)35-16-5-4-15-34(35)31-25-27-44-40(29-31)36-17-6-9-21-42(36)50(44)33-26-28-47-41(30-33)37-18-8-11-24-46(37)51-47/h1-30H. The lowest BCUT2D eigenvalue weighted by atomic mass is 9.91. The van der Waals surface area contributed by atoms with E-state index < -0.39 is 0 Å². The Morgan fingerprint density at radius 1 is 0.314 bits per heavy atom. The lowest BCUT2D eigenvalue weighted by molar-refractivity contribution is 1.18. The molecule has 0 amide bonds. The van der Waals surface area contributed by atoms with Crippen LogP contribution in [0.1, 0.15) is 0 Å². The van der Waals surface area contributed by atoms with Crippen molar-refractivity contribution in [3.8, 4) is 33.6 Å². The molecule has 0 bridgehead atoms. The van der Waals surface area contributed by atoms with Crippen LogP contribution in [0.3, 0.4) is 0 Å². The summed E-state index contributed by atoms with van der Waals surface area (Å²) in [6, 6.07) is 66.7. The maximum atomic E-state index is 2.44. The summed E-state index contributed by atoms with van der Waals surface area (Å²) >= 11 is 1.86. The van der Waals surface area contributed by atoms with E-state index in [0.29, 0.717) is 0 Å². The van der Waals surface area contributed by atoms with Gasteiger partial charge in [-0.25, -0.2) is 0 Å². The van der Waals surface area contributed by atoms with E-state index >= 15 is 0 Å². The van der Waals surface area contributed by atoms with Crippen LogP contribution in [0.5, 0.6) is 0 Å². The Kier molecular flexibility index (Phi) is 6.16. The normalized spacial score (nSPS) is 11.9. The minimum Gasteiger partial charge on any atom is -0.309 e. The van der Waals surface area contributed by atoms with Crippen molar-refractivity contribution < 1.29 is 0 Å². The third kappa shape index (κ3) is 4.22. The fraction of sp³-hybridized carbons (Fsp3) is 0. The summed E-state index contributed by atoms with van der Waals surface area (Å²) < 4.78 is 7.48. The van der Waals surface area contributed by atoms with Crippen LogP contribution in [0.2, 0.25) is 0 Å². The van der Waals surface area contributed by atoms with E-state index in [1.807, 2.05) is 11.3 Å². The molecular formula is C48H30N2S. The van der Waals surface area contributed by atoms with Gasteiger partial charge in [0.15, 0.2) is 0 Å². The first-order chi connectivity index (χ1) is 25.3. The second kappa shape index (κ2) is 11.0. The largest absolute Gasteiger partial charge is 0.309 e. The van der Waals surface area contributed by atoms with Crippen LogP contribution in [0.25, 0.3) is 97.4 Å². The minimum atomic E-state index is 1.17. The van der Waals surface area contributed by atoms with Crippen LogP contribution < -0.4 is 0 Å². The molecule has 0 saturated heterocycles. The van der Waals surface area contributed by atoms with Crippen molar-refractivity contribution in [2.45, 2.75) is 0 Å². The highest BCUT2D eigenvalue weighted by atomic mass is 32.1. The molecule has 2 nitrogen and oxygen atoms in total. The van der Waals surface area contributed by atoms with Crippen molar-refractivity contribution in [3.63, 3.8) is 0 Å². The Balaban J connectivity index is 1.13. The maximum absolute atomic E-state index is 2.44. The Morgan fingerprint density at radius 2 is 0.922 bits per heavy atom. The third-order valence-corrected chi connectivity index (χ3v) is 11.7. The van der Waals surface area contributed by atoms with Crippen LogP contribution in [-0.2, 0) is 0 Å². The second-order valence-corrected chi connectivity index (χ2v) is 14.4. The van der Waals surface area contributed by atoms with Gasteiger partial charge in [0.05, 0.1) is 22.1 Å². The van der Waals surface area contributed by atoms with Gasteiger partial charge >= 0.3 is 0 Å². The van der Waals surface area contributed by atoms with E-state index in [9.17, 15) is 0 Å². The lowest BCUT2D eigenvalue weighted by Crippen LogP contribution is -1.93. The maximum Gasteiger partial charge on any atom is 0.0547 e. The van der Waals surface area contributed by atoms with Gasteiger partial charge in [0.1, 0.15) is 0 Å². The second-order valence-electron chi connectivity index (χ2n) is 13.3. The molecule has 0 atom stereocenters. The van der Waals surface area contributed by atoms with Crippen molar-refractivity contribution in [1.29, 1.82) is 0 Å². The minimum absolute atomic E-state index is 1.17. The van der Waals surface area contributed by atoms with E-state index in [4.69, 9.17) is 0 Å². The van der Waals surface area contributed by atoms with Crippen LogP contribution in [-0.4, -0.2) is 9.13 Å². The van der Waals surface area contributed by atoms with E-state index in [-0.39, 0.29) is 0 Å². The molecule has 0 aliphatic carbocycles. The van der Waals surface area contributed by atoms with Gasteiger partial charge in [-0.15, -0.1) is 11.3 Å².